The minimum atomic E-state index is -0.257. The SMILES string of the molecule is CN(C)c1ccc(NC(=O)c2ccccc2Cl)cc1CN(C(=O)c1cccs1)C1CCCCC1. The maximum Gasteiger partial charge on any atom is 0.264 e. The van der Waals surface area contributed by atoms with E-state index in [1.54, 1.807) is 24.3 Å². The summed E-state index contributed by atoms with van der Waals surface area (Å²) >= 11 is 7.70. The number of hydrogen-bond acceptors (Lipinski definition) is 4. The van der Waals surface area contributed by atoms with Crippen LogP contribution in [0.5, 0.6) is 0 Å². The van der Waals surface area contributed by atoms with Crippen LogP contribution >= 0.6 is 22.9 Å². The molecule has 0 saturated heterocycles. The lowest BCUT2D eigenvalue weighted by atomic mass is 9.93. The molecule has 3 aromatic rings. The van der Waals surface area contributed by atoms with E-state index in [1.807, 2.05) is 59.6 Å². The zero-order valence-corrected chi connectivity index (χ0v) is 21.2. The van der Waals surface area contributed by atoms with E-state index in [-0.39, 0.29) is 17.9 Å². The molecule has 0 aliphatic heterocycles. The van der Waals surface area contributed by atoms with Crippen molar-refractivity contribution in [3.8, 4) is 0 Å². The summed E-state index contributed by atoms with van der Waals surface area (Å²) in [7, 11) is 3.99. The van der Waals surface area contributed by atoms with Gasteiger partial charge in [0.1, 0.15) is 0 Å². The molecule has 4 rings (SSSR count). The van der Waals surface area contributed by atoms with E-state index in [0.29, 0.717) is 22.8 Å². The van der Waals surface area contributed by atoms with Crippen molar-refractivity contribution >= 4 is 46.1 Å². The van der Waals surface area contributed by atoms with E-state index in [0.717, 1.165) is 41.8 Å². The lowest BCUT2D eigenvalue weighted by Crippen LogP contribution is -2.41. The summed E-state index contributed by atoms with van der Waals surface area (Å²) in [5.41, 5.74) is 3.13. The average Bonchev–Trinajstić information content (AvgIpc) is 3.38. The quantitative estimate of drug-likeness (QED) is 0.397. The molecule has 34 heavy (non-hydrogen) atoms. The van der Waals surface area contributed by atoms with E-state index >= 15 is 0 Å². The van der Waals surface area contributed by atoms with Crippen LogP contribution in [-0.4, -0.2) is 36.9 Å². The van der Waals surface area contributed by atoms with E-state index in [1.165, 1.54) is 17.8 Å². The highest BCUT2D eigenvalue weighted by molar-refractivity contribution is 7.12. The molecule has 2 aromatic carbocycles. The summed E-state index contributed by atoms with van der Waals surface area (Å²) in [6.07, 6.45) is 5.57. The highest BCUT2D eigenvalue weighted by atomic mass is 35.5. The molecule has 178 valence electrons. The molecular formula is C27H30ClN3O2S. The fourth-order valence-electron chi connectivity index (χ4n) is 4.55. The van der Waals surface area contributed by atoms with Crippen molar-refractivity contribution in [1.29, 1.82) is 0 Å². The molecule has 1 aliphatic rings. The number of amides is 2. The molecule has 0 atom stereocenters. The Morgan fingerprint density at radius 2 is 1.79 bits per heavy atom. The molecule has 1 saturated carbocycles. The maximum absolute atomic E-state index is 13.5. The first-order valence-electron chi connectivity index (χ1n) is 11.6. The summed E-state index contributed by atoms with van der Waals surface area (Å²) in [6, 6.07) is 16.9. The number of thiophene rings is 1. The first-order chi connectivity index (χ1) is 16.4. The molecular weight excluding hydrogens is 466 g/mol. The molecule has 1 aliphatic carbocycles. The predicted molar refractivity (Wildman–Crippen MR) is 141 cm³/mol. The predicted octanol–water partition coefficient (Wildman–Crippen LogP) is 6.69. The fraction of sp³-hybridized carbons (Fsp3) is 0.333. The molecule has 0 spiro atoms. The Bertz CT molecular complexity index is 1140. The summed E-state index contributed by atoms with van der Waals surface area (Å²) in [5, 5.41) is 5.33. The van der Waals surface area contributed by atoms with Crippen molar-refractivity contribution in [1.82, 2.24) is 4.90 Å². The fourth-order valence-corrected chi connectivity index (χ4v) is 5.46. The van der Waals surface area contributed by atoms with Crippen LogP contribution in [0.4, 0.5) is 11.4 Å². The van der Waals surface area contributed by atoms with E-state index < -0.39 is 0 Å². The van der Waals surface area contributed by atoms with Gasteiger partial charge in [0, 0.05) is 38.1 Å². The molecule has 0 radical (unpaired) electrons. The zero-order chi connectivity index (χ0) is 24.1. The summed E-state index contributed by atoms with van der Waals surface area (Å²) in [5.74, 6) is -0.176. The van der Waals surface area contributed by atoms with Crippen molar-refractivity contribution in [2.45, 2.75) is 44.7 Å². The van der Waals surface area contributed by atoms with Gasteiger partial charge in [0.15, 0.2) is 0 Å². The number of carbonyl (C=O) groups is 2. The summed E-state index contributed by atoms with van der Waals surface area (Å²) in [4.78, 5) is 31.2. The maximum atomic E-state index is 13.5. The Hall–Kier alpha value is -2.83. The third-order valence-electron chi connectivity index (χ3n) is 6.29. The minimum Gasteiger partial charge on any atom is -0.377 e. The molecule has 1 heterocycles. The number of rotatable bonds is 7. The largest absolute Gasteiger partial charge is 0.377 e. The van der Waals surface area contributed by atoms with Crippen LogP contribution in [0, 0.1) is 0 Å². The van der Waals surface area contributed by atoms with Crippen molar-refractivity contribution in [2.24, 2.45) is 0 Å². The van der Waals surface area contributed by atoms with Gasteiger partial charge < -0.3 is 15.1 Å². The highest BCUT2D eigenvalue weighted by Crippen LogP contribution is 2.31. The lowest BCUT2D eigenvalue weighted by Gasteiger charge is -2.35. The van der Waals surface area contributed by atoms with Gasteiger partial charge in [-0.05, 0) is 60.2 Å². The van der Waals surface area contributed by atoms with E-state index in [4.69, 9.17) is 11.6 Å². The Morgan fingerprint density at radius 3 is 2.47 bits per heavy atom. The van der Waals surface area contributed by atoms with Crippen LogP contribution in [0.25, 0.3) is 0 Å². The number of hydrogen-bond donors (Lipinski definition) is 1. The second-order valence-electron chi connectivity index (χ2n) is 8.87. The van der Waals surface area contributed by atoms with Gasteiger partial charge in [-0.15, -0.1) is 11.3 Å². The topological polar surface area (TPSA) is 52.7 Å². The third kappa shape index (κ3) is 5.62. The van der Waals surface area contributed by atoms with Gasteiger partial charge in [-0.3, -0.25) is 9.59 Å². The summed E-state index contributed by atoms with van der Waals surface area (Å²) < 4.78 is 0. The van der Waals surface area contributed by atoms with Gasteiger partial charge in [-0.25, -0.2) is 0 Å². The molecule has 2 amide bonds. The van der Waals surface area contributed by atoms with Gasteiger partial charge in [0.25, 0.3) is 11.8 Å². The molecule has 0 bridgehead atoms. The third-order valence-corrected chi connectivity index (χ3v) is 7.47. The van der Waals surface area contributed by atoms with Crippen molar-refractivity contribution < 1.29 is 9.59 Å². The number of halogens is 1. The normalized spacial score (nSPS) is 14.0. The molecule has 1 N–H and O–H groups in total. The van der Waals surface area contributed by atoms with Crippen LogP contribution in [0.15, 0.2) is 60.0 Å². The van der Waals surface area contributed by atoms with Crippen LogP contribution < -0.4 is 10.2 Å². The van der Waals surface area contributed by atoms with Gasteiger partial charge in [0.2, 0.25) is 0 Å². The van der Waals surface area contributed by atoms with Gasteiger partial charge >= 0.3 is 0 Å². The molecule has 5 nitrogen and oxygen atoms in total. The van der Waals surface area contributed by atoms with Crippen LogP contribution in [-0.2, 0) is 6.54 Å². The van der Waals surface area contributed by atoms with Gasteiger partial charge in [-0.2, -0.15) is 0 Å². The van der Waals surface area contributed by atoms with Crippen LogP contribution in [0.3, 0.4) is 0 Å². The summed E-state index contributed by atoms with van der Waals surface area (Å²) in [6.45, 7) is 0.491. The highest BCUT2D eigenvalue weighted by Gasteiger charge is 2.28. The first-order valence-corrected chi connectivity index (χ1v) is 12.9. The van der Waals surface area contributed by atoms with Crippen molar-refractivity contribution in [3.63, 3.8) is 0 Å². The zero-order valence-electron chi connectivity index (χ0n) is 19.6. The number of nitrogens with one attached hydrogen (secondary N) is 1. The van der Waals surface area contributed by atoms with Gasteiger partial charge in [0.05, 0.1) is 15.5 Å². The van der Waals surface area contributed by atoms with E-state index in [2.05, 4.69) is 5.32 Å². The Balaban J connectivity index is 1.64. The van der Waals surface area contributed by atoms with Gasteiger partial charge in [-0.1, -0.05) is 49.1 Å². The first kappa shape index (κ1) is 24.3. The number of carbonyl (C=O) groups excluding carboxylic acids is 2. The Morgan fingerprint density at radius 1 is 1.03 bits per heavy atom. The second kappa shape index (κ2) is 11.1. The Labute approximate surface area is 210 Å². The molecule has 7 heteroatoms. The number of anilines is 2. The standard InChI is InChI=1S/C27H30ClN3O2S/c1-30(2)24-15-14-20(29-26(32)22-11-6-7-12-23(22)28)17-19(24)18-31(21-9-4-3-5-10-21)27(33)25-13-8-16-34-25/h6-8,11-17,21H,3-5,9-10,18H2,1-2H3,(H,29,32). The lowest BCUT2D eigenvalue weighted by molar-refractivity contribution is 0.0619. The average molecular weight is 496 g/mol. The molecule has 1 aromatic heterocycles. The van der Waals surface area contributed by atoms with Crippen molar-refractivity contribution in [3.05, 3.63) is 81.0 Å². The molecule has 0 unspecified atom stereocenters. The number of benzene rings is 2. The van der Waals surface area contributed by atoms with E-state index in [9.17, 15) is 9.59 Å². The minimum absolute atomic E-state index is 0.0807. The molecule has 1 fully saturated rings. The Kier molecular flexibility index (Phi) is 7.91. The number of nitrogens with zero attached hydrogens (tertiary/aromatic N) is 2. The van der Waals surface area contributed by atoms with Crippen LogP contribution in [0.1, 0.15) is 57.7 Å². The van der Waals surface area contributed by atoms with Crippen LogP contribution in [0.2, 0.25) is 5.02 Å². The second-order valence-corrected chi connectivity index (χ2v) is 10.2. The smallest absolute Gasteiger partial charge is 0.264 e. The monoisotopic (exact) mass is 495 g/mol. The van der Waals surface area contributed by atoms with Crippen molar-refractivity contribution in [2.75, 3.05) is 24.3 Å².